The third kappa shape index (κ3) is 3.35. The molecule has 134 valence electrons. The van der Waals surface area contributed by atoms with E-state index < -0.39 is 0 Å². The van der Waals surface area contributed by atoms with Gasteiger partial charge in [-0.15, -0.1) is 0 Å². The lowest BCUT2D eigenvalue weighted by atomic mass is 10.0. The second-order valence-electron chi connectivity index (χ2n) is 6.36. The Bertz CT molecular complexity index is 756. The number of ether oxygens (including phenoxy) is 2. The van der Waals surface area contributed by atoms with Crippen LogP contribution in [0, 0.1) is 6.92 Å². The van der Waals surface area contributed by atoms with Crippen molar-refractivity contribution in [1.82, 2.24) is 4.98 Å². The van der Waals surface area contributed by atoms with E-state index in [1.54, 1.807) is 25.4 Å². The molecule has 25 heavy (non-hydrogen) atoms. The molecule has 0 unspecified atom stereocenters. The largest absolute Gasteiger partial charge is 0.504 e. The first-order chi connectivity index (χ1) is 12.0. The summed E-state index contributed by atoms with van der Waals surface area (Å²) in [5.74, 6) is 2.23. The molecule has 0 saturated carbocycles. The summed E-state index contributed by atoms with van der Waals surface area (Å²) in [6, 6.07) is 5.56. The van der Waals surface area contributed by atoms with E-state index in [1.807, 2.05) is 13.0 Å². The molecule has 0 amide bonds. The summed E-state index contributed by atoms with van der Waals surface area (Å²) in [7, 11) is 3.19. The summed E-state index contributed by atoms with van der Waals surface area (Å²) in [5.41, 5.74) is 8.67. The minimum absolute atomic E-state index is 0.0915. The number of phenols is 1. The number of hydrogen-bond donors (Lipinski definition) is 2. The van der Waals surface area contributed by atoms with Gasteiger partial charge in [0.2, 0.25) is 0 Å². The van der Waals surface area contributed by atoms with Gasteiger partial charge in [-0.05, 0) is 37.5 Å². The molecule has 0 aliphatic carbocycles. The highest BCUT2D eigenvalue weighted by Crippen LogP contribution is 2.39. The molecule has 3 N–H and O–H groups in total. The molecule has 1 aliphatic rings. The Morgan fingerprint density at radius 3 is 2.52 bits per heavy atom. The topological polar surface area (TPSA) is 80.8 Å². The highest BCUT2D eigenvalue weighted by Gasteiger charge is 2.22. The van der Waals surface area contributed by atoms with Crippen LogP contribution < -0.4 is 20.1 Å². The number of anilines is 1. The molecule has 3 rings (SSSR count). The van der Waals surface area contributed by atoms with Crippen molar-refractivity contribution in [2.75, 3.05) is 32.2 Å². The molecule has 6 heteroatoms. The lowest BCUT2D eigenvalue weighted by Crippen LogP contribution is -2.40. The Hall–Kier alpha value is -2.47. The molecule has 0 atom stereocenters. The summed E-state index contributed by atoms with van der Waals surface area (Å²) in [5, 5.41) is 10.1. The number of benzene rings is 1. The van der Waals surface area contributed by atoms with Crippen LogP contribution in [0.25, 0.3) is 11.1 Å². The Kier molecular flexibility index (Phi) is 4.99. The van der Waals surface area contributed by atoms with E-state index in [2.05, 4.69) is 9.88 Å². The van der Waals surface area contributed by atoms with Crippen LogP contribution in [0.4, 0.5) is 5.82 Å². The van der Waals surface area contributed by atoms with Crippen LogP contribution in [-0.2, 0) is 0 Å². The molecule has 1 fully saturated rings. The van der Waals surface area contributed by atoms with Crippen molar-refractivity contribution in [2.24, 2.45) is 5.73 Å². The van der Waals surface area contributed by atoms with Gasteiger partial charge in [-0.25, -0.2) is 4.98 Å². The zero-order valence-corrected chi connectivity index (χ0v) is 15.0. The zero-order chi connectivity index (χ0) is 18.0. The second kappa shape index (κ2) is 7.19. The summed E-state index contributed by atoms with van der Waals surface area (Å²) in [4.78, 5) is 6.94. The normalized spacial score (nSPS) is 15.3. The fourth-order valence-electron chi connectivity index (χ4n) is 3.34. The molecule has 2 heterocycles. The van der Waals surface area contributed by atoms with Gasteiger partial charge in [-0.1, -0.05) is 6.07 Å². The molecular formula is C19H25N3O3. The summed E-state index contributed by atoms with van der Waals surface area (Å²) < 4.78 is 10.8. The minimum Gasteiger partial charge on any atom is -0.504 e. The van der Waals surface area contributed by atoms with Crippen molar-refractivity contribution >= 4 is 5.82 Å². The molecule has 2 aromatic rings. The first kappa shape index (κ1) is 17.4. The first-order valence-electron chi connectivity index (χ1n) is 8.46. The van der Waals surface area contributed by atoms with E-state index >= 15 is 0 Å². The lowest BCUT2D eigenvalue weighted by Gasteiger charge is -2.32. The number of nitrogens with two attached hydrogens (primary N) is 1. The van der Waals surface area contributed by atoms with Gasteiger partial charge >= 0.3 is 0 Å². The number of phenolic OH excluding ortho intramolecular Hbond substituents is 1. The molecule has 6 nitrogen and oxygen atoms in total. The van der Waals surface area contributed by atoms with Crippen LogP contribution in [0.1, 0.15) is 18.4 Å². The average molecular weight is 343 g/mol. The van der Waals surface area contributed by atoms with Crippen LogP contribution in [0.5, 0.6) is 17.2 Å². The van der Waals surface area contributed by atoms with E-state index in [0.717, 1.165) is 54.2 Å². The number of piperidine rings is 1. The van der Waals surface area contributed by atoms with Gasteiger partial charge in [0.15, 0.2) is 11.5 Å². The molecule has 1 aromatic carbocycles. The maximum Gasteiger partial charge on any atom is 0.160 e. The maximum atomic E-state index is 10.1. The highest BCUT2D eigenvalue weighted by molar-refractivity contribution is 5.76. The Labute approximate surface area is 148 Å². The third-order valence-corrected chi connectivity index (χ3v) is 4.77. The van der Waals surface area contributed by atoms with E-state index in [1.165, 1.54) is 7.11 Å². The lowest BCUT2D eigenvalue weighted by molar-refractivity contribution is 0.373. The van der Waals surface area contributed by atoms with Crippen LogP contribution in [0.3, 0.4) is 0 Å². The minimum atomic E-state index is 0.0915. The number of pyridine rings is 1. The summed E-state index contributed by atoms with van der Waals surface area (Å²) >= 11 is 0. The van der Waals surface area contributed by atoms with Crippen molar-refractivity contribution in [3.05, 3.63) is 30.0 Å². The molecule has 1 aromatic heterocycles. The van der Waals surface area contributed by atoms with Crippen molar-refractivity contribution < 1.29 is 14.6 Å². The van der Waals surface area contributed by atoms with E-state index in [9.17, 15) is 5.11 Å². The fraction of sp³-hybridized carbons (Fsp3) is 0.421. The van der Waals surface area contributed by atoms with Gasteiger partial charge in [0.1, 0.15) is 11.6 Å². The second-order valence-corrected chi connectivity index (χ2v) is 6.36. The van der Waals surface area contributed by atoms with Gasteiger partial charge in [0.05, 0.1) is 14.2 Å². The van der Waals surface area contributed by atoms with Gasteiger partial charge in [0.25, 0.3) is 0 Å². The average Bonchev–Trinajstić information content (AvgIpc) is 2.62. The predicted molar refractivity (Wildman–Crippen MR) is 98.6 cm³/mol. The van der Waals surface area contributed by atoms with Crippen molar-refractivity contribution in [2.45, 2.75) is 25.8 Å². The maximum absolute atomic E-state index is 10.1. The van der Waals surface area contributed by atoms with Crippen molar-refractivity contribution in [3.8, 4) is 28.4 Å². The van der Waals surface area contributed by atoms with Gasteiger partial charge in [-0.3, -0.25) is 0 Å². The molecule has 0 spiro atoms. The Morgan fingerprint density at radius 1 is 1.20 bits per heavy atom. The number of aromatic hydroxyl groups is 1. The fourth-order valence-corrected chi connectivity index (χ4v) is 3.34. The highest BCUT2D eigenvalue weighted by atomic mass is 16.5. The van der Waals surface area contributed by atoms with Crippen LogP contribution in [0.2, 0.25) is 0 Å². The van der Waals surface area contributed by atoms with Gasteiger partial charge in [0, 0.05) is 36.5 Å². The Morgan fingerprint density at radius 2 is 1.92 bits per heavy atom. The molecule has 0 bridgehead atoms. The molecule has 1 aliphatic heterocycles. The van der Waals surface area contributed by atoms with Crippen LogP contribution in [0.15, 0.2) is 24.4 Å². The summed E-state index contributed by atoms with van der Waals surface area (Å²) in [6.07, 6.45) is 3.74. The summed E-state index contributed by atoms with van der Waals surface area (Å²) in [6.45, 7) is 3.82. The van der Waals surface area contributed by atoms with E-state index in [0.29, 0.717) is 5.75 Å². The predicted octanol–water partition coefficient (Wildman–Crippen LogP) is 2.71. The van der Waals surface area contributed by atoms with E-state index in [4.69, 9.17) is 15.2 Å². The third-order valence-electron chi connectivity index (χ3n) is 4.77. The number of methoxy groups -OCH3 is 2. The number of rotatable bonds is 4. The van der Waals surface area contributed by atoms with Crippen LogP contribution >= 0.6 is 0 Å². The number of hydrogen-bond acceptors (Lipinski definition) is 6. The Balaban J connectivity index is 1.99. The SMILES string of the molecule is COc1ccc(-c2cnc(N3CCC(N)CC3)c(C)c2OC)cc1O. The van der Waals surface area contributed by atoms with Crippen molar-refractivity contribution in [3.63, 3.8) is 0 Å². The number of nitrogens with zero attached hydrogens (tertiary/aromatic N) is 2. The molecular weight excluding hydrogens is 318 g/mol. The quantitative estimate of drug-likeness (QED) is 0.888. The van der Waals surface area contributed by atoms with Gasteiger partial charge < -0.3 is 25.2 Å². The van der Waals surface area contributed by atoms with E-state index in [-0.39, 0.29) is 11.8 Å². The van der Waals surface area contributed by atoms with Gasteiger partial charge in [-0.2, -0.15) is 0 Å². The monoisotopic (exact) mass is 343 g/mol. The zero-order valence-electron chi connectivity index (χ0n) is 15.0. The smallest absolute Gasteiger partial charge is 0.160 e. The molecule has 1 saturated heterocycles. The van der Waals surface area contributed by atoms with Crippen LogP contribution in [-0.4, -0.2) is 43.4 Å². The molecule has 0 radical (unpaired) electrons. The first-order valence-corrected chi connectivity index (χ1v) is 8.46. The standard InChI is InChI=1S/C19H25N3O3/c1-12-18(25-3)15(13-4-5-17(24-2)16(23)10-13)11-21-19(12)22-8-6-14(20)7-9-22/h4-5,10-11,14,23H,6-9,20H2,1-3H3. The van der Waals surface area contributed by atoms with Crippen molar-refractivity contribution in [1.29, 1.82) is 0 Å². The number of aromatic nitrogens is 1.